The first-order valence-electron chi connectivity index (χ1n) is 6.53. The van der Waals surface area contributed by atoms with Crippen molar-refractivity contribution in [3.63, 3.8) is 0 Å². The third kappa shape index (κ3) is 2.36. The predicted molar refractivity (Wildman–Crippen MR) is 62.9 cm³/mol. The average molecular weight is 211 g/mol. The van der Waals surface area contributed by atoms with Crippen molar-refractivity contribution in [2.75, 3.05) is 13.1 Å². The van der Waals surface area contributed by atoms with Gasteiger partial charge in [-0.15, -0.1) is 0 Å². The van der Waals surface area contributed by atoms with Gasteiger partial charge in [0.15, 0.2) is 0 Å². The van der Waals surface area contributed by atoms with Crippen LogP contribution in [0.2, 0.25) is 0 Å². The largest absolute Gasteiger partial charge is 0.391 e. The maximum atomic E-state index is 10.3. The second-order valence-corrected chi connectivity index (χ2v) is 5.99. The zero-order valence-corrected chi connectivity index (χ0v) is 10.2. The van der Waals surface area contributed by atoms with Crippen molar-refractivity contribution in [2.45, 2.75) is 64.5 Å². The Bertz CT molecular complexity index is 207. The Balaban J connectivity index is 1.98. The Morgan fingerprint density at radius 2 is 1.67 bits per heavy atom. The minimum absolute atomic E-state index is 0.115. The van der Waals surface area contributed by atoms with Crippen LogP contribution in [0, 0.1) is 5.41 Å². The van der Waals surface area contributed by atoms with Gasteiger partial charge in [-0.1, -0.05) is 26.7 Å². The average Bonchev–Trinajstić information content (AvgIpc) is 2.46. The highest BCUT2D eigenvalue weighted by molar-refractivity contribution is 4.96. The van der Waals surface area contributed by atoms with Crippen LogP contribution < -0.4 is 0 Å². The number of hydrogen-bond donors (Lipinski definition) is 1. The second kappa shape index (κ2) is 4.42. The Labute approximate surface area is 93.7 Å². The summed E-state index contributed by atoms with van der Waals surface area (Å²) < 4.78 is 0. The Morgan fingerprint density at radius 1 is 1.07 bits per heavy atom. The minimum Gasteiger partial charge on any atom is -0.391 e. The van der Waals surface area contributed by atoms with E-state index in [2.05, 4.69) is 18.7 Å². The number of hydrogen-bond acceptors (Lipinski definition) is 2. The number of likely N-dealkylation sites (tertiary alicyclic amines) is 1. The lowest BCUT2D eigenvalue weighted by molar-refractivity contribution is 0.0157. The lowest BCUT2D eigenvalue weighted by Gasteiger charge is -2.33. The Morgan fingerprint density at radius 3 is 2.13 bits per heavy atom. The van der Waals surface area contributed by atoms with Crippen LogP contribution in [-0.2, 0) is 0 Å². The molecule has 0 amide bonds. The molecule has 2 nitrogen and oxygen atoms in total. The normalized spacial score (nSPS) is 37.8. The zero-order valence-electron chi connectivity index (χ0n) is 10.2. The van der Waals surface area contributed by atoms with Gasteiger partial charge in [0, 0.05) is 6.04 Å². The molecule has 1 heterocycles. The standard InChI is InChI=1S/C13H25NO/c1-13(2)8-7-11(12(13)15)14-9-5-3-4-6-10-14/h11-12,15H,3-10H2,1-2H3. The van der Waals surface area contributed by atoms with Gasteiger partial charge in [0.25, 0.3) is 0 Å². The summed E-state index contributed by atoms with van der Waals surface area (Å²) in [6.07, 6.45) is 7.65. The summed E-state index contributed by atoms with van der Waals surface area (Å²) in [6, 6.07) is 0.443. The van der Waals surface area contributed by atoms with E-state index in [0.29, 0.717) is 6.04 Å². The van der Waals surface area contributed by atoms with Gasteiger partial charge < -0.3 is 5.11 Å². The summed E-state index contributed by atoms with van der Waals surface area (Å²) in [5, 5.41) is 10.3. The summed E-state index contributed by atoms with van der Waals surface area (Å²) >= 11 is 0. The molecular weight excluding hydrogens is 186 g/mol. The lowest BCUT2D eigenvalue weighted by Crippen LogP contribution is -2.44. The van der Waals surface area contributed by atoms with Gasteiger partial charge in [0.05, 0.1) is 6.10 Å². The highest BCUT2D eigenvalue weighted by Crippen LogP contribution is 2.40. The van der Waals surface area contributed by atoms with Crippen LogP contribution in [0.1, 0.15) is 52.4 Å². The van der Waals surface area contributed by atoms with Crippen molar-refractivity contribution in [1.29, 1.82) is 0 Å². The highest BCUT2D eigenvalue weighted by atomic mass is 16.3. The highest BCUT2D eigenvalue weighted by Gasteiger charge is 2.43. The molecule has 2 heteroatoms. The quantitative estimate of drug-likeness (QED) is 0.720. The predicted octanol–water partition coefficient (Wildman–Crippen LogP) is 2.41. The molecule has 1 N–H and O–H groups in total. The maximum Gasteiger partial charge on any atom is 0.0746 e. The SMILES string of the molecule is CC1(C)CCC(N2CCCCCC2)C1O. The van der Waals surface area contributed by atoms with E-state index in [4.69, 9.17) is 0 Å². The number of aliphatic hydroxyl groups is 1. The van der Waals surface area contributed by atoms with Crippen molar-refractivity contribution < 1.29 is 5.11 Å². The second-order valence-electron chi connectivity index (χ2n) is 5.99. The van der Waals surface area contributed by atoms with E-state index < -0.39 is 0 Å². The van der Waals surface area contributed by atoms with Crippen LogP contribution >= 0.6 is 0 Å². The van der Waals surface area contributed by atoms with Crippen LogP contribution in [0.25, 0.3) is 0 Å². The van der Waals surface area contributed by atoms with Crippen molar-refractivity contribution in [2.24, 2.45) is 5.41 Å². The Hall–Kier alpha value is -0.0800. The summed E-state index contributed by atoms with van der Waals surface area (Å²) in [7, 11) is 0. The molecule has 1 aliphatic carbocycles. The fourth-order valence-corrected chi connectivity index (χ4v) is 3.16. The van der Waals surface area contributed by atoms with Crippen molar-refractivity contribution in [3.05, 3.63) is 0 Å². The van der Waals surface area contributed by atoms with Gasteiger partial charge >= 0.3 is 0 Å². The maximum absolute atomic E-state index is 10.3. The van der Waals surface area contributed by atoms with Gasteiger partial charge in [0.1, 0.15) is 0 Å². The molecule has 2 unspecified atom stereocenters. The van der Waals surface area contributed by atoms with Crippen LogP contribution in [0.3, 0.4) is 0 Å². The van der Waals surface area contributed by atoms with Crippen LogP contribution in [0.15, 0.2) is 0 Å². The van der Waals surface area contributed by atoms with E-state index in [9.17, 15) is 5.11 Å². The first-order valence-corrected chi connectivity index (χ1v) is 6.53. The van der Waals surface area contributed by atoms with Crippen LogP contribution in [0.5, 0.6) is 0 Å². The first-order chi connectivity index (χ1) is 7.11. The molecule has 0 bridgehead atoms. The lowest BCUT2D eigenvalue weighted by atomic mass is 9.88. The molecule has 1 saturated carbocycles. The van der Waals surface area contributed by atoms with E-state index in [1.54, 1.807) is 0 Å². The van der Waals surface area contributed by atoms with Gasteiger partial charge in [-0.3, -0.25) is 4.90 Å². The van der Waals surface area contributed by atoms with Crippen molar-refractivity contribution >= 4 is 0 Å². The molecule has 2 aliphatic rings. The number of aliphatic hydroxyl groups excluding tert-OH is 1. The van der Waals surface area contributed by atoms with Crippen LogP contribution in [0.4, 0.5) is 0 Å². The van der Waals surface area contributed by atoms with E-state index in [-0.39, 0.29) is 11.5 Å². The molecule has 0 aromatic carbocycles. The van der Waals surface area contributed by atoms with Crippen molar-refractivity contribution in [3.8, 4) is 0 Å². The zero-order chi connectivity index (χ0) is 10.9. The fourth-order valence-electron chi connectivity index (χ4n) is 3.16. The minimum atomic E-state index is -0.115. The summed E-state index contributed by atoms with van der Waals surface area (Å²) in [5.41, 5.74) is 0.136. The van der Waals surface area contributed by atoms with E-state index in [1.807, 2.05) is 0 Å². The van der Waals surface area contributed by atoms with Crippen molar-refractivity contribution in [1.82, 2.24) is 4.90 Å². The molecule has 0 spiro atoms. The smallest absolute Gasteiger partial charge is 0.0746 e. The topological polar surface area (TPSA) is 23.5 Å². The fraction of sp³-hybridized carbons (Fsp3) is 1.00. The van der Waals surface area contributed by atoms with E-state index in [1.165, 1.54) is 51.6 Å². The molecule has 88 valence electrons. The molecule has 2 atom stereocenters. The Kier molecular flexibility index (Phi) is 3.36. The molecule has 0 aromatic heterocycles. The van der Waals surface area contributed by atoms with E-state index >= 15 is 0 Å². The molecule has 0 radical (unpaired) electrons. The van der Waals surface area contributed by atoms with E-state index in [0.717, 1.165) is 0 Å². The third-order valence-electron chi connectivity index (χ3n) is 4.36. The molecule has 0 aromatic rings. The summed E-state index contributed by atoms with van der Waals surface area (Å²) in [4.78, 5) is 2.55. The molecule has 15 heavy (non-hydrogen) atoms. The molecule has 2 rings (SSSR count). The third-order valence-corrected chi connectivity index (χ3v) is 4.36. The number of rotatable bonds is 1. The van der Waals surface area contributed by atoms with Gasteiger partial charge in [-0.05, 0) is 44.2 Å². The number of nitrogens with zero attached hydrogens (tertiary/aromatic N) is 1. The molecular formula is C13H25NO. The first kappa shape index (κ1) is 11.4. The van der Waals surface area contributed by atoms with Gasteiger partial charge in [-0.25, -0.2) is 0 Å². The summed E-state index contributed by atoms with van der Waals surface area (Å²) in [5.74, 6) is 0. The summed E-state index contributed by atoms with van der Waals surface area (Å²) in [6.45, 7) is 6.82. The van der Waals surface area contributed by atoms with Gasteiger partial charge in [-0.2, -0.15) is 0 Å². The molecule has 1 aliphatic heterocycles. The van der Waals surface area contributed by atoms with Crippen LogP contribution in [-0.4, -0.2) is 35.2 Å². The van der Waals surface area contributed by atoms with Gasteiger partial charge in [0.2, 0.25) is 0 Å². The molecule has 1 saturated heterocycles. The molecule has 2 fully saturated rings. The monoisotopic (exact) mass is 211 g/mol.